The van der Waals surface area contributed by atoms with Crippen molar-refractivity contribution < 1.29 is 13.5 Å². The number of ether oxygens (including phenoxy) is 1. The highest BCUT2D eigenvalue weighted by Crippen LogP contribution is 2.23. The molecule has 3 nitrogen and oxygen atoms in total. The zero-order chi connectivity index (χ0) is 14.5. The third-order valence-electron chi connectivity index (χ3n) is 2.79. The molecule has 2 aromatic carbocycles. The quantitative estimate of drug-likeness (QED) is 0.925. The van der Waals surface area contributed by atoms with E-state index in [2.05, 4.69) is 5.32 Å². The van der Waals surface area contributed by atoms with Crippen LogP contribution in [0.3, 0.4) is 0 Å². The lowest BCUT2D eigenvalue weighted by Gasteiger charge is -2.14. The van der Waals surface area contributed by atoms with Gasteiger partial charge in [-0.1, -0.05) is 12.1 Å². The van der Waals surface area contributed by atoms with E-state index in [1.165, 1.54) is 13.2 Å². The molecule has 0 aliphatic rings. The zero-order valence-electron chi connectivity index (χ0n) is 10.7. The minimum atomic E-state index is -0.977. The molecule has 5 heteroatoms. The second-order valence-corrected chi connectivity index (χ2v) is 4.11. The van der Waals surface area contributed by atoms with Crippen molar-refractivity contribution in [3.8, 4) is 11.8 Å². The lowest BCUT2D eigenvalue weighted by atomic mass is 10.1. The smallest absolute Gasteiger partial charge is 0.159 e. The molecule has 0 aromatic heterocycles. The van der Waals surface area contributed by atoms with Gasteiger partial charge in [0.15, 0.2) is 11.6 Å². The maximum absolute atomic E-state index is 13.2. The van der Waals surface area contributed by atoms with Crippen LogP contribution in [0.2, 0.25) is 0 Å². The Hall–Kier alpha value is -2.61. The van der Waals surface area contributed by atoms with Crippen LogP contribution in [-0.2, 0) is 0 Å². The molecule has 102 valence electrons. The molecule has 0 amide bonds. The van der Waals surface area contributed by atoms with Crippen molar-refractivity contribution in [3.63, 3.8) is 0 Å². The van der Waals surface area contributed by atoms with Crippen LogP contribution in [0, 0.1) is 23.0 Å². The predicted molar refractivity (Wildman–Crippen MR) is 71.3 cm³/mol. The Balaban J connectivity index is 2.24. The Morgan fingerprint density at radius 1 is 1.15 bits per heavy atom. The van der Waals surface area contributed by atoms with Gasteiger partial charge in [-0.05, 0) is 29.8 Å². The van der Waals surface area contributed by atoms with Gasteiger partial charge in [-0.3, -0.25) is 0 Å². The Labute approximate surface area is 115 Å². The lowest BCUT2D eigenvalue weighted by molar-refractivity contribution is 0.415. The molecule has 1 N–H and O–H groups in total. The molecular formula is C15H12F2N2O. The predicted octanol–water partition coefficient (Wildman–Crippen LogP) is 3.65. The first-order chi connectivity index (χ1) is 9.63. The molecule has 20 heavy (non-hydrogen) atoms. The van der Waals surface area contributed by atoms with E-state index in [1.807, 2.05) is 6.07 Å². The van der Waals surface area contributed by atoms with Crippen molar-refractivity contribution in [2.45, 2.75) is 6.04 Å². The number of rotatable bonds is 4. The van der Waals surface area contributed by atoms with Crippen LogP contribution in [0.1, 0.15) is 11.6 Å². The van der Waals surface area contributed by atoms with Crippen molar-refractivity contribution >= 4 is 5.69 Å². The molecule has 0 saturated carbocycles. The summed E-state index contributed by atoms with van der Waals surface area (Å²) < 4.78 is 31.2. The largest absolute Gasteiger partial charge is 0.497 e. The number of benzene rings is 2. The molecule has 0 radical (unpaired) electrons. The highest BCUT2D eigenvalue weighted by atomic mass is 19.2. The average Bonchev–Trinajstić information content (AvgIpc) is 2.48. The van der Waals surface area contributed by atoms with Crippen LogP contribution in [-0.4, -0.2) is 7.11 Å². The van der Waals surface area contributed by atoms with E-state index >= 15 is 0 Å². The van der Waals surface area contributed by atoms with Crippen molar-refractivity contribution in [2.24, 2.45) is 0 Å². The number of nitrogens with one attached hydrogen (secondary N) is 1. The van der Waals surface area contributed by atoms with Crippen molar-refractivity contribution in [2.75, 3.05) is 12.4 Å². The third-order valence-corrected chi connectivity index (χ3v) is 2.79. The molecule has 0 aliphatic heterocycles. The van der Waals surface area contributed by atoms with E-state index in [9.17, 15) is 8.78 Å². The second kappa shape index (κ2) is 6.02. The van der Waals surface area contributed by atoms with Crippen LogP contribution in [0.25, 0.3) is 0 Å². The Bertz CT molecular complexity index is 653. The maximum Gasteiger partial charge on any atom is 0.159 e. The van der Waals surface area contributed by atoms with Gasteiger partial charge < -0.3 is 10.1 Å². The number of hydrogen-bond donors (Lipinski definition) is 1. The Kier molecular flexibility index (Phi) is 4.16. The van der Waals surface area contributed by atoms with Crippen LogP contribution in [0.4, 0.5) is 14.5 Å². The molecule has 2 aromatic rings. The maximum atomic E-state index is 13.2. The number of nitrogens with zero attached hydrogens (tertiary/aromatic N) is 1. The van der Waals surface area contributed by atoms with Crippen LogP contribution >= 0.6 is 0 Å². The van der Waals surface area contributed by atoms with Gasteiger partial charge in [0.05, 0.1) is 13.2 Å². The fourth-order valence-electron chi connectivity index (χ4n) is 1.76. The third kappa shape index (κ3) is 3.04. The van der Waals surface area contributed by atoms with E-state index in [-0.39, 0.29) is 0 Å². The van der Waals surface area contributed by atoms with Crippen LogP contribution in [0.15, 0.2) is 42.5 Å². The summed E-state index contributed by atoms with van der Waals surface area (Å²) in [5.41, 5.74) is 1.01. The fourth-order valence-corrected chi connectivity index (χ4v) is 1.76. The van der Waals surface area contributed by atoms with E-state index in [4.69, 9.17) is 10.00 Å². The van der Waals surface area contributed by atoms with E-state index < -0.39 is 17.7 Å². The molecule has 0 saturated heterocycles. The zero-order valence-corrected chi connectivity index (χ0v) is 10.7. The van der Waals surface area contributed by atoms with Gasteiger partial charge >= 0.3 is 0 Å². The molecule has 1 atom stereocenters. The van der Waals surface area contributed by atoms with Crippen LogP contribution < -0.4 is 10.1 Å². The molecule has 0 bridgehead atoms. The van der Waals surface area contributed by atoms with Crippen molar-refractivity contribution in [3.05, 3.63) is 59.7 Å². The lowest BCUT2D eigenvalue weighted by Crippen LogP contribution is -2.09. The average molecular weight is 274 g/mol. The summed E-state index contributed by atoms with van der Waals surface area (Å²) >= 11 is 0. The van der Waals surface area contributed by atoms with Gasteiger partial charge in [-0.2, -0.15) is 5.26 Å². The van der Waals surface area contributed by atoms with Gasteiger partial charge in [0.25, 0.3) is 0 Å². The molecule has 1 unspecified atom stereocenters. The summed E-state index contributed by atoms with van der Waals surface area (Å²) in [6, 6.07) is 11.6. The van der Waals surface area contributed by atoms with Gasteiger partial charge in [-0.25, -0.2) is 8.78 Å². The number of hydrogen-bond acceptors (Lipinski definition) is 3. The minimum absolute atomic E-state index is 0.356. The highest BCUT2D eigenvalue weighted by Gasteiger charge is 2.13. The van der Waals surface area contributed by atoms with Gasteiger partial charge in [0.1, 0.15) is 11.8 Å². The van der Waals surface area contributed by atoms with Crippen molar-refractivity contribution in [1.82, 2.24) is 0 Å². The summed E-state index contributed by atoms with van der Waals surface area (Å²) in [5, 5.41) is 12.1. The Morgan fingerprint density at radius 2 is 1.95 bits per heavy atom. The number of anilines is 1. The summed E-state index contributed by atoms with van der Waals surface area (Å²) in [6.45, 7) is 0. The summed E-state index contributed by atoms with van der Waals surface area (Å²) in [6.07, 6.45) is 0. The van der Waals surface area contributed by atoms with Gasteiger partial charge in [0, 0.05) is 11.8 Å². The summed E-state index contributed by atoms with van der Waals surface area (Å²) in [7, 11) is 1.54. The fraction of sp³-hybridized carbons (Fsp3) is 0.133. The first-order valence-electron chi connectivity index (χ1n) is 5.89. The molecule has 0 spiro atoms. The van der Waals surface area contributed by atoms with Gasteiger partial charge in [0.2, 0.25) is 0 Å². The van der Waals surface area contributed by atoms with E-state index in [1.54, 1.807) is 24.3 Å². The minimum Gasteiger partial charge on any atom is -0.497 e. The normalized spacial score (nSPS) is 11.5. The standard InChI is InChI=1S/C15H12F2N2O/c1-20-12-4-2-3-11(8-12)19-15(9-18)10-5-6-13(16)14(17)7-10/h2-8,15,19H,1H3. The number of halogens is 2. The number of nitriles is 1. The van der Waals surface area contributed by atoms with Gasteiger partial charge in [-0.15, -0.1) is 0 Å². The summed E-state index contributed by atoms with van der Waals surface area (Å²) in [5.74, 6) is -1.28. The monoisotopic (exact) mass is 274 g/mol. The summed E-state index contributed by atoms with van der Waals surface area (Å²) in [4.78, 5) is 0. The van der Waals surface area contributed by atoms with E-state index in [0.717, 1.165) is 12.1 Å². The topological polar surface area (TPSA) is 45.0 Å². The molecule has 0 aliphatic carbocycles. The highest BCUT2D eigenvalue weighted by molar-refractivity contribution is 5.51. The molecule has 0 heterocycles. The van der Waals surface area contributed by atoms with E-state index in [0.29, 0.717) is 17.0 Å². The van der Waals surface area contributed by atoms with Crippen molar-refractivity contribution in [1.29, 1.82) is 5.26 Å². The molecule has 0 fully saturated rings. The Morgan fingerprint density at radius 3 is 2.60 bits per heavy atom. The first-order valence-corrected chi connectivity index (χ1v) is 5.89. The number of methoxy groups -OCH3 is 1. The second-order valence-electron chi connectivity index (χ2n) is 4.11. The first kappa shape index (κ1) is 13.8. The van der Waals surface area contributed by atoms with Crippen LogP contribution in [0.5, 0.6) is 5.75 Å². The molecular weight excluding hydrogens is 262 g/mol. The molecule has 2 rings (SSSR count). The SMILES string of the molecule is COc1cccc(NC(C#N)c2ccc(F)c(F)c2)c1.